The highest BCUT2D eigenvalue weighted by Crippen LogP contribution is 2.25. The molecule has 130 valence electrons. The SMILES string of the molecule is O=C(NCCn1ncc2c(N3CCCCC3)ncnc21)c1ccco1. The van der Waals surface area contributed by atoms with E-state index in [-0.39, 0.29) is 5.91 Å². The minimum Gasteiger partial charge on any atom is -0.459 e. The van der Waals surface area contributed by atoms with Crippen LogP contribution in [0.2, 0.25) is 0 Å². The number of furan rings is 1. The highest BCUT2D eigenvalue weighted by molar-refractivity contribution is 5.91. The van der Waals surface area contributed by atoms with Gasteiger partial charge in [0, 0.05) is 19.6 Å². The number of hydrogen-bond donors (Lipinski definition) is 1. The Labute approximate surface area is 144 Å². The van der Waals surface area contributed by atoms with Gasteiger partial charge < -0.3 is 14.6 Å². The number of carbonyl (C=O) groups is 1. The van der Waals surface area contributed by atoms with E-state index in [1.54, 1.807) is 23.1 Å². The molecule has 1 fully saturated rings. The van der Waals surface area contributed by atoms with Crippen molar-refractivity contribution in [3.05, 3.63) is 36.7 Å². The Kier molecular flexibility index (Phi) is 4.32. The maximum Gasteiger partial charge on any atom is 0.287 e. The van der Waals surface area contributed by atoms with E-state index in [0.29, 0.717) is 18.8 Å². The topological polar surface area (TPSA) is 89.1 Å². The van der Waals surface area contributed by atoms with Crippen molar-refractivity contribution < 1.29 is 9.21 Å². The second-order valence-electron chi connectivity index (χ2n) is 6.08. The molecule has 0 spiro atoms. The van der Waals surface area contributed by atoms with Crippen LogP contribution in [-0.2, 0) is 6.54 Å². The van der Waals surface area contributed by atoms with Crippen LogP contribution in [0.1, 0.15) is 29.8 Å². The molecular formula is C17H20N6O2. The molecule has 0 unspecified atom stereocenters. The number of nitrogens with zero attached hydrogens (tertiary/aromatic N) is 5. The largest absolute Gasteiger partial charge is 0.459 e. The second-order valence-corrected chi connectivity index (χ2v) is 6.08. The maximum absolute atomic E-state index is 11.9. The average molecular weight is 340 g/mol. The van der Waals surface area contributed by atoms with E-state index in [1.807, 2.05) is 6.20 Å². The van der Waals surface area contributed by atoms with Gasteiger partial charge in [0.2, 0.25) is 0 Å². The molecule has 1 aliphatic rings. The molecule has 3 aromatic rings. The second kappa shape index (κ2) is 6.92. The summed E-state index contributed by atoms with van der Waals surface area (Å²) in [5.41, 5.74) is 0.794. The van der Waals surface area contributed by atoms with E-state index in [4.69, 9.17) is 4.42 Å². The van der Waals surface area contributed by atoms with Gasteiger partial charge in [0.25, 0.3) is 5.91 Å². The Morgan fingerprint density at radius 3 is 2.92 bits per heavy atom. The standard InChI is InChI=1S/C17H20N6O2/c24-17(14-5-4-10-25-14)18-6-9-23-16-13(11-21-23)15(19-12-20-16)22-7-2-1-3-8-22/h4-5,10-12H,1-3,6-9H2,(H,18,24). The van der Waals surface area contributed by atoms with Gasteiger partial charge in [-0.05, 0) is 31.4 Å². The van der Waals surface area contributed by atoms with Gasteiger partial charge >= 0.3 is 0 Å². The van der Waals surface area contributed by atoms with Gasteiger partial charge in [-0.1, -0.05) is 0 Å². The first kappa shape index (κ1) is 15.6. The molecule has 0 atom stereocenters. The summed E-state index contributed by atoms with van der Waals surface area (Å²) in [4.78, 5) is 23.0. The molecule has 8 heteroatoms. The maximum atomic E-state index is 11.9. The third kappa shape index (κ3) is 3.19. The predicted octanol–water partition coefficient (Wildman–Crippen LogP) is 1.84. The van der Waals surface area contributed by atoms with Crippen LogP contribution in [0.5, 0.6) is 0 Å². The Hall–Kier alpha value is -2.90. The van der Waals surface area contributed by atoms with E-state index in [2.05, 4.69) is 25.3 Å². The van der Waals surface area contributed by atoms with E-state index in [1.165, 1.54) is 25.5 Å². The van der Waals surface area contributed by atoms with Crippen molar-refractivity contribution in [2.45, 2.75) is 25.8 Å². The van der Waals surface area contributed by atoms with Crippen molar-refractivity contribution in [1.82, 2.24) is 25.1 Å². The fourth-order valence-electron chi connectivity index (χ4n) is 3.17. The first-order valence-corrected chi connectivity index (χ1v) is 8.56. The molecule has 0 bridgehead atoms. The lowest BCUT2D eigenvalue weighted by molar-refractivity contribution is 0.0924. The lowest BCUT2D eigenvalue weighted by atomic mass is 10.1. The molecule has 8 nitrogen and oxygen atoms in total. The Morgan fingerprint density at radius 1 is 1.24 bits per heavy atom. The summed E-state index contributed by atoms with van der Waals surface area (Å²) >= 11 is 0. The van der Waals surface area contributed by atoms with Gasteiger partial charge in [0.15, 0.2) is 11.4 Å². The van der Waals surface area contributed by atoms with Gasteiger partial charge in [-0.3, -0.25) is 4.79 Å². The minimum absolute atomic E-state index is 0.231. The summed E-state index contributed by atoms with van der Waals surface area (Å²) in [5, 5.41) is 8.20. The summed E-state index contributed by atoms with van der Waals surface area (Å²) in [6.45, 7) is 3.03. The third-order valence-corrected chi connectivity index (χ3v) is 4.42. The fraction of sp³-hybridized carbons (Fsp3) is 0.412. The lowest BCUT2D eigenvalue weighted by Crippen LogP contribution is -2.30. The van der Waals surface area contributed by atoms with Crippen LogP contribution >= 0.6 is 0 Å². The number of carbonyl (C=O) groups excluding carboxylic acids is 1. The van der Waals surface area contributed by atoms with Gasteiger partial charge in [-0.2, -0.15) is 5.10 Å². The smallest absolute Gasteiger partial charge is 0.287 e. The van der Waals surface area contributed by atoms with E-state index in [0.717, 1.165) is 29.9 Å². The Morgan fingerprint density at radius 2 is 2.12 bits per heavy atom. The Balaban J connectivity index is 1.46. The van der Waals surface area contributed by atoms with Gasteiger partial charge in [0.05, 0.1) is 24.4 Å². The van der Waals surface area contributed by atoms with E-state index >= 15 is 0 Å². The van der Waals surface area contributed by atoms with Crippen molar-refractivity contribution in [2.24, 2.45) is 0 Å². The molecule has 1 amide bonds. The number of hydrogen-bond acceptors (Lipinski definition) is 6. The lowest BCUT2D eigenvalue weighted by Gasteiger charge is -2.27. The molecule has 4 rings (SSSR count). The molecule has 0 radical (unpaired) electrons. The Bertz CT molecular complexity index is 851. The van der Waals surface area contributed by atoms with Crippen LogP contribution in [0.15, 0.2) is 35.3 Å². The average Bonchev–Trinajstić information content (AvgIpc) is 3.32. The zero-order valence-corrected chi connectivity index (χ0v) is 13.9. The summed E-state index contributed by atoms with van der Waals surface area (Å²) in [7, 11) is 0. The van der Waals surface area contributed by atoms with Crippen molar-refractivity contribution >= 4 is 22.8 Å². The quantitative estimate of drug-likeness (QED) is 0.762. The van der Waals surface area contributed by atoms with Gasteiger partial charge in [-0.25, -0.2) is 14.6 Å². The van der Waals surface area contributed by atoms with Crippen molar-refractivity contribution in [3.63, 3.8) is 0 Å². The molecule has 0 aliphatic carbocycles. The molecule has 1 aliphatic heterocycles. The molecule has 0 saturated carbocycles. The summed E-state index contributed by atoms with van der Waals surface area (Å²) in [6, 6.07) is 3.33. The normalized spacial score (nSPS) is 14.8. The first-order chi connectivity index (χ1) is 12.3. The number of aromatic nitrogens is 4. The zero-order chi connectivity index (χ0) is 17.1. The van der Waals surface area contributed by atoms with Crippen LogP contribution in [0, 0.1) is 0 Å². The van der Waals surface area contributed by atoms with Gasteiger partial charge in [0.1, 0.15) is 12.1 Å². The number of nitrogens with one attached hydrogen (secondary N) is 1. The monoisotopic (exact) mass is 340 g/mol. The van der Waals surface area contributed by atoms with E-state index in [9.17, 15) is 4.79 Å². The van der Waals surface area contributed by atoms with Gasteiger partial charge in [-0.15, -0.1) is 0 Å². The molecule has 1 saturated heterocycles. The van der Waals surface area contributed by atoms with Crippen molar-refractivity contribution in [2.75, 3.05) is 24.5 Å². The summed E-state index contributed by atoms with van der Waals surface area (Å²) < 4.78 is 6.87. The molecule has 3 aromatic heterocycles. The predicted molar refractivity (Wildman–Crippen MR) is 92.4 cm³/mol. The van der Waals surface area contributed by atoms with Crippen molar-refractivity contribution in [3.8, 4) is 0 Å². The number of piperidine rings is 1. The van der Waals surface area contributed by atoms with Crippen LogP contribution in [0.4, 0.5) is 5.82 Å². The van der Waals surface area contributed by atoms with Crippen LogP contribution < -0.4 is 10.2 Å². The number of rotatable bonds is 5. The van der Waals surface area contributed by atoms with Crippen LogP contribution in [0.3, 0.4) is 0 Å². The highest BCUT2D eigenvalue weighted by atomic mass is 16.3. The minimum atomic E-state index is -0.231. The highest BCUT2D eigenvalue weighted by Gasteiger charge is 2.17. The number of anilines is 1. The molecule has 1 N–H and O–H groups in total. The van der Waals surface area contributed by atoms with Crippen LogP contribution in [-0.4, -0.2) is 45.3 Å². The molecular weight excluding hydrogens is 320 g/mol. The third-order valence-electron chi connectivity index (χ3n) is 4.42. The fourth-order valence-corrected chi connectivity index (χ4v) is 3.17. The van der Waals surface area contributed by atoms with Crippen LogP contribution in [0.25, 0.3) is 11.0 Å². The molecule has 0 aromatic carbocycles. The summed E-state index contributed by atoms with van der Waals surface area (Å²) in [6.07, 6.45) is 8.55. The zero-order valence-electron chi connectivity index (χ0n) is 13.9. The van der Waals surface area contributed by atoms with Crippen molar-refractivity contribution in [1.29, 1.82) is 0 Å². The first-order valence-electron chi connectivity index (χ1n) is 8.56. The summed E-state index contributed by atoms with van der Waals surface area (Å²) in [5.74, 6) is 1.03. The number of fused-ring (bicyclic) bond motifs is 1. The molecule has 4 heterocycles. The molecule has 25 heavy (non-hydrogen) atoms. The van der Waals surface area contributed by atoms with E-state index < -0.39 is 0 Å². The number of amides is 1.